The Balaban J connectivity index is 2.24. The van der Waals surface area contributed by atoms with Crippen LogP contribution >= 0.6 is 11.6 Å². The molecule has 1 rings (SSSR count). The molecule has 0 bridgehead atoms. The fourth-order valence-corrected chi connectivity index (χ4v) is 1.76. The minimum absolute atomic E-state index is 0.447. The molecule has 0 aliphatic rings. The van der Waals surface area contributed by atoms with Gasteiger partial charge < -0.3 is 5.32 Å². The summed E-state index contributed by atoms with van der Waals surface area (Å²) in [7, 11) is 0. The van der Waals surface area contributed by atoms with Gasteiger partial charge in [-0.15, -0.1) is 11.6 Å². The zero-order chi connectivity index (χ0) is 12.5. The van der Waals surface area contributed by atoms with E-state index in [1.54, 1.807) is 6.33 Å². The van der Waals surface area contributed by atoms with Gasteiger partial charge in [0.15, 0.2) is 0 Å². The Hall–Kier alpha value is -0.830. The zero-order valence-electron chi connectivity index (χ0n) is 10.7. The van der Waals surface area contributed by atoms with Crippen molar-refractivity contribution in [3.63, 3.8) is 0 Å². The van der Waals surface area contributed by atoms with Crippen molar-refractivity contribution in [1.82, 2.24) is 9.97 Å². The van der Waals surface area contributed by atoms with Crippen LogP contribution in [0.15, 0.2) is 12.4 Å². The van der Waals surface area contributed by atoms with Crippen LogP contribution in [0.4, 0.5) is 5.82 Å². The number of alkyl halides is 1. The van der Waals surface area contributed by atoms with Gasteiger partial charge in [-0.25, -0.2) is 9.97 Å². The second-order valence-corrected chi connectivity index (χ2v) is 4.89. The predicted molar refractivity (Wildman–Crippen MR) is 73.8 cm³/mol. The van der Waals surface area contributed by atoms with Crippen LogP contribution in [0.25, 0.3) is 0 Å². The largest absolute Gasteiger partial charge is 0.370 e. The predicted octanol–water partition coefficient (Wildman–Crippen LogP) is 3.81. The highest BCUT2D eigenvalue weighted by molar-refractivity contribution is 6.17. The van der Waals surface area contributed by atoms with Gasteiger partial charge in [-0.05, 0) is 18.8 Å². The van der Waals surface area contributed by atoms with E-state index in [1.165, 1.54) is 12.8 Å². The summed E-state index contributed by atoms with van der Waals surface area (Å²) < 4.78 is 0. The highest BCUT2D eigenvalue weighted by Gasteiger charge is 2.02. The van der Waals surface area contributed by atoms with Gasteiger partial charge in [-0.2, -0.15) is 0 Å². The van der Waals surface area contributed by atoms with Gasteiger partial charge in [-0.1, -0.05) is 26.7 Å². The van der Waals surface area contributed by atoms with Crippen LogP contribution < -0.4 is 5.32 Å². The van der Waals surface area contributed by atoms with Gasteiger partial charge in [0.25, 0.3) is 0 Å². The maximum absolute atomic E-state index is 5.62. The van der Waals surface area contributed by atoms with Crippen LogP contribution in [0.2, 0.25) is 0 Å². The van der Waals surface area contributed by atoms with Crippen LogP contribution in [0, 0.1) is 0 Å². The molecule has 1 aromatic heterocycles. The van der Waals surface area contributed by atoms with E-state index >= 15 is 0 Å². The van der Waals surface area contributed by atoms with E-state index < -0.39 is 0 Å². The minimum atomic E-state index is 0.447. The zero-order valence-corrected chi connectivity index (χ0v) is 11.5. The molecule has 0 saturated heterocycles. The molecule has 1 N–H and O–H groups in total. The van der Waals surface area contributed by atoms with E-state index in [0.717, 1.165) is 36.8 Å². The third-order valence-electron chi connectivity index (χ3n) is 2.65. The van der Waals surface area contributed by atoms with E-state index in [1.807, 2.05) is 6.07 Å². The van der Waals surface area contributed by atoms with Crippen LogP contribution in [0.3, 0.4) is 0 Å². The van der Waals surface area contributed by atoms with E-state index in [9.17, 15) is 0 Å². The normalized spacial score (nSPS) is 10.8. The maximum Gasteiger partial charge on any atom is 0.129 e. The number of anilines is 1. The number of unbranched alkanes of at least 4 members (excludes halogenated alkanes) is 3. The second kappa shape index (κ2) is 8.29. The van der Waals surface area contributed by atoms with Crippen molar-refractivity contribution in [3.05, 3.63) is 18.1 Å². The molecule has 4 heteroatoms. The molecule has 0 aromatic carbocycles. The SMILES string of the molecule is CC(C)c1cc(NCCCCCCCl)ncn1. The lowest BCUT2D eigenvalue weighted by molar-refractivity contribution is 0.686. The Bertz CT molecular complexity index is 315. The van der Waals surface area contributed by atoms with Crippen molar-refractivity contribution in [2.24, 2.45) is 0 Å². The van der Waals surface area contributed by atoms with Crippen molar-refractivity contribution in [3.8, 4) is 0 Å². The first-order valence-corrected chi connectivity index (χ1v) is 6.89. The monoisotopic (exact) mass is 255 g/mol. The average Bonchev–Trinajstić information content (AvgIpc) is 2.34. The summed E-state index contributed by atoms with van der Waals surface area (Å²) in [5.41, 5.74) is 1.09. The molecular weight excluding hydrogens is 234 g/mol. The third-order valence-corrected chi connectivity index (χ3v) is 2.91. The van der Waals surface area contributed by atoms with Gasteiger partial charge in [0.2, 0.25) is 0 Å². The number of hydrogen-bond donors (Lipinski definition) is 1. The molecule has 0 saturated carbocycles. The third kappa shape index (κ3) is 5.87. The Morgan fingerprint density at radius 1 is 1.18 bits per heavy atom. The van der Waals surface area contributed by atoms with Crippen LogP contribution in [-0.2, 0) is 0 Å². The summed E-state index contributed by atoms with van der Waals surface area (Å²) in [6.45, 7) is 5.24. The molecule has 0 fully saturated rings. The lowest BCUT2D eigenvalue weighted by Crippen LogP contribution is -2.05. The van der Waals surface area contributed by atoms with Crippen LogP contribution in [0.5, 0.6) is 0 Å². The number of aromatic nitrogens is 2. The highest BCUT2D eigenvalue weighted by atomic mass is 35.5. The standard InChI is InChI=1S/C13H22ClN3/c1-11(2)12-9-13(17-10-16-12)15-8-6-4-3-5-7-14/h9-11H,3-8H2,1-2H3,(H,15,16,17). The average molecular weight is 256 g/mol. The van der Waals surface area contributed by atoms with Gasteiger partial charge in [-0.3, -0.25) is 0 Å². The Kier molecular flexibility index (Phi) is 6.94. The lowest BCUT2D eigenvalue weighted by Gasteiger charge is -2.08. The summed E-state index contributed by atoms with van der Waals surface area (Å²) >= 11 is 5.62. The summed E-state index contributed by atoms with van der Waals surface area (Å²) in [4.78, 5) is 8.45. The molecule has 0 radical (unpaired) electrons. The summed E-state index contributed by atoms with van der Waals surface area (Å²) in [6, 6.07) is 2.03. The molecule has 96 valence electrons. The summed E-state index contributed by atoms with van der Waals surface area (Å²) in [5, 5.41) is 3.33. The number of halogens is 1. The lowest BCUT2D eigenvalue weighted by atomic mass is 10.1. The molecular formula is C13H22ClN3. The molecule has 0 unspecified atom stereocenters. The molecule has 3 nitrogen and oxygen atoms in total. The topological polar surface area (TPSA) is 37.8 Å². The van der Waals surface area contributed by atoms with Crippen molar-refractivity contribution >= 4 is 17.4 Å². The van der Waals surface area contributed by atoms with Gasteiger partial charge >= 0.3 is 0 Å². The molecule has 1 heterocycles. The Morgan fingerprint density at radius 2 is 1.94 bits per heavy atom. The molecule has 0 amide bonds. The molecule has 1 aromatic rings. The molecule has 17 heavy (non-hydrogen) atoms. The first kappa shape index (κ1) is 14.2. The van der Waals surface area contributed by atoms with Gasteiger partial charge in [0.05, 0.1) is 0 Å². The molecule has 0 aliphatic heterocycles. The van der Waals surface area contributed by atoms with Crippen LogP contribution in [0.1, 0.15) is 51.1 Å². The summed E-state index contributed by atoms with van der Waals surface area (Å²) in [6.07, 6.45) is 6.35. The van der Waals surface area contributed by atoms with E-state index in [4.69, 9.17) is 11.6 Å². The van der Waals surface area contributed by atoms with E-state index in [0.29, 0.717) is 5.92 Å². The number of rotatable bonds is 8. The number of nitrogens with zero attached hydrogens (tertiary/aromatic N) is 2. The van der Waals surface area contributed by atoms with Crippen molar-refractivity contribution in [2.45, 2.75) is 45.4 Å². The number of hydrogen-bond acceptors (Lipinski definition) is 3. The van der Waals surface area contributed by atoms with Crippen LogP contribution in [-0.4, -0.2) is 22.4 Å². The Labute approximate surface area is 109 Å². The maximum atomic E-state index is 5.62. The quantitative estimate of drug-likeness (QED) is 0.567. The van der Waals surface area contributed by atoms with Crippen molar-refractivity contribution < 1.29 is 0 Å². The Morgan fingerprint density at radius 3 is 2.65 bits per heavy atom. The fraction of sp³-hybridized carbons (Fsp3) is 0.692. The van der Waals surface area contributed by atoms with E-state index in [-0.39, 0.29) is 0 Å². The fourth-order valence-electron chi connectivity index (χ4n) is 1.57. The smallest absolute Gasteiger partial charge is 0.129 e. The minimum Gasteiger partial charge on any atom is -0.370 e. The molecule has 0 spiro atoms. The van der Waals surface area contributed by atoms with Crippen molar-refractivity contribution in [2.75, 3.05) is 17.7 Å². The van der Waals surface area contributed by atoms with E-state index in [2.05, 4.69) is 29.1 Å². The van der Waals surface area contributed by atoms with Gasteiger partial charge in [0.1, 0.15) is 12.1 Å². The highest BCUT2D eigenvalue weighted by Crippen LogP contribution is 2.13. The first-order chi connectivity index (χ1) is 8.24. The van der Waals surface area contributed by atoms with Gasteiger partial charge in [0, 0.05) is 24.2 Å². The van der Waals surface area contributed by atoms with Crippen molar-refractivity contribution in [1.29, 1.82) is 0 Å². The first-order valence-electron chi connectivity index (χ1n) is 6.36. The second-order valence-electron chi connectivity index (χ2n) is 4.51. The summed E-state index contributed by atoms with van der Waals surface area (Å²) in [5.74, 6) is 2.15. The number of nitrogens with one attached hydrogen (secondary N) is 1. The molecule has 0 atom stereocenters. The molecule has 0 aliphatic carbocycles.